The average Bonchev–Trinajstić information content (AvgIpc) is 2.97. The largest absolute Gasteiger partial charge is 0.481 e. The zero-order valence-electron chi connectivity index (χ0n) is 16.0. The molecule has 1 aliphatic rings. The van der Waals surface area contributed by atoms with Gasteiger partial charge in [0.1, 0.15) is 5.78 Å². The van der Waals surface area contributed by atoms with Gasteiger partial charge in [-0.2, -0.15) is 0 Å². The zero-order chi connectivity index (χ0) is 18.8. The van der Waals surface area contributed by atoms with Crippen LogP contribution in [0.5, 0.6) is 0 Å². The summed E-state index contributed by atoms with van der Waals surface area (Å²) in [5.41, 5.74) is 2.58. The third-order valence-corrected chi connectivity index (χ3v) is 5.36. The molecule has 3 heteroatoms. The highest BCUT2D eigenvalue weighted by Crippen LogP contribution is 2.34. The molecule has 26 heavy (non-hydrogen) atoms. The molecule has 3 nitrogen and oxygen atoms in total. The molecule has 0 heterocycles. The molecule has 1 fully saturated rings. The van der Waals surface area contributed by atoms with E-state index in [-0.39, 0.29) is 12.3 Å². The number of hydrogen-bond acceptors (Lipinski definition) is 2. The molecule has 2 unspecified atom stereocenters. The van der Waals surface area contributed by atoms with Crippen molar-refractivity contribution in [2.24, 2.45) is 11.8 Å². The first kappa shape index (κ1) is 20.4. The molecule has 142 valence electrons. The minimum atomic E-state index is -0.719. The molecule has 0 bridgehead atoms. The van der Waals surface area contributed by atoms with Crippen LogP contribution >= 0.6 is 0 Å². The van der Waals surface area contributed by atoms with Gasteiger partial charge in [-0.15, -0.1) is 0 Å². The highest BCUT2D eigenvalue weighted by atomic mass is 16.4. The monoisotopic (exact) mass is 356 g/mol. The lowest BCUT2D eigenvalue weighted by Gasteiger charge is -2.14. The van der Waals surface area contributed by atoms with Gasteiger partial charge >= 0.3 is 5.97 Å². The molecule has 0 saturated heterocycles. The first-order valence-corrected chi connectivity index (χ1v) is 10.1. The number of allylic oxidation sites excluding steroid dienone is 1. The first-order valence-electron chi connectivity index (χ1n) is 10.1. The van der Waals surface area contributed by atoms with Gasteiger partial charge in [-0.25, -0.2) is 0 Å². The van der Waals surface area contributed by atoms with E-state index in [1.807, 2.05) is 0 Å². The van der Waals surface area contributed by atoms with Crippen LogP contribution in [0, 0.1) is 11.8 Å². The number of carboxylic acids is 1. The van der Waals surface area contributed by atoms with Crippen molar-refractivity contribution in [3.05, 3.63) is 41.5 Å². The number of carboxylic acid groups (broad SMARTS) is 1. The summed E-state index contributed by atoms with van der Waals surface area (Å²) in [6.45, 7) is 2.19. The van der Waals surface area contributed by atoms with E-state index in [1.165, 1.54) is 11.1 Å². The van der Waals surface area contributed by atoms with Crippen molar-refractivity contribution in [3.63, 3.8) is 0 Å². The summed E-state index contributed by atoms with van der Waals surface area (Å²) in [6.07, 6.45) is 13.3. The number of ketones is 1. The molecule has 0 radical (unpaired) electrons. The van der Waals surface area contributed by atoms with Gasteiger partial charge in [0.2, 0.25) is 0 Å². The summed E-state index contributed by atoms with van der Waals surface area (Å²) in [5.74, 6) is 0.203. The molecule has 0 aliphatic heterocycles. The number of Topliss-reactive ketones (excluding diaryl/α,β-unsaturated/α-hetero) is 1. The molecule has 0 amide bonds. The van der Waals surface area contributed by atoms with E-state index in [9.17, 15) is 9.59 Å². The van der Waals surface area contributed by atoms with Crippen LogP contribution in [0.2, 0.25) is 0 Å². The number of hydrogen-bond donors (Lipinski definition) is 1. The topological polar surface area (TPSA) is 54.4 Å². The second-order valence-electron chi connectivity index (χ2n) is 7.47. The van der Waals surface area contributed by atoms with Gasteiger partial charge in [-0.1, -0.05) is 69.0 Å². The molecule has 1 N–H and O–H groups in total. The van der Waals surface area contributed by atoms with E-state index in [0.29, 0.717) is 18.1 Å². The standard InChI is InChI=1S/C23H32O3/c1-2-7-18-10-12-19(13-11-18)14-15-20-16-17-22(24)21(20)8-5-3-4-6-9-23(25)26/h10-15,20-21H,2-9,16-17H2,1H3,(H,25,26)/b15-14+. The van der Waals surface area contributed by atoms with Crippen LogP contribution in [-0.4, -0.2) is 16.9 Å². The predicted octanol–water partition coefficient (Wildman–Crippen LogP) is 5.67. The van der Waals surface area contributed by atoms with Gasteiger partial charge in [-0.05, 0) is 42.7 Å². The number of carbonyl (C=O) groups excluding carboxylic acids is 1. The SMILES string of the molecule is CCCc1ccc(/C=C/C2CCC(=O)C2CCCCCCC(=O)O)cc1. The summed E-state index contributed by atoms with van der Waals surface area (Å²) >= 11 is 0. The van der Waals surface area contributed by atoms with E-state index in [2.05, 4.69) is 43.3 Å². The van der Waals surface area contributed by atoms with Gasteiger partial charge < -0.3 is 5.11 Å². The summed E-state index contributed by atoms with van der Waals surface area (Å²) in [6, 6.07) is 8.71. The third kappa shape index (κ3) is 6.78. The lowest BCUT2D eigenvalue weighted by molar-refractivity contribution is -0.137. The Hall–Kier alpha value is -1.90. The minimum absolute atomic E-state index is 0.157. The zero-order valence-corrected chi connectivity index (χ0v) is 16.0. The van der Waals surface area contributed by atoms with Gasteiger partial charge in [0.25, 0.3) is 0 Å². The van der Waals surface area contributed by atoms with Crippen molar-refractivity contribution < 1.29 is 14.7 Å². The Bertz CT molecular complexity index is 600. The lowest BCUT2D eigenvalue weighted by Crippen LogP contribution is -2.13. The molecule has 2 atom stereocenters. The lowest BCUT2D eigenvalue weighted by atomic mass is 9.89. The van der Waals surface area contributed by atoms with E-state index < -0.39 is 5.97 Å². The van der Waals surface area contributed by atoms with Gasteiger partial charge in [0.05, 0.1) is 0 Å². The molecule has 1 saturated carbocycles. The Morgan fingerprint density at radius 1 is 1.15 bits per heavy atom. The van der Waals surface area contributed by atoms with Crippen molar-refractivity contribution >= 4 is 17.8 Å². The van der Waals surface area contributed by atoms with Crippen molar-refractivity contribution in [1.82, 2.24) is 0 Å². The van der Waals surface area contributed by atoms with E-state index in [4.69, 9.17) is 5.11 Å². The molecule has 0 aromatic heterocycles. The van der Waals surface area contributed by atoms with Crippen molar-refractivity contribution in [3.8, 4) is 0 Å². The fourth-order valence-corrected chi connectivity index (χ4v) is 3.85. The molecule has 1 aromatic carbocycles. The molecular formula is C23H32O3. The number of aryl methyl sites for hydroxylation is 1. The number of unbranched alkanes of at least 4 members (excludes halogenated alkanes) is 3. The average molecular weight is 357 g/mol. The minimum Gasteiger partial charge on any atom is -0.481 e. The first-order chi connectivity index (χ1) is 12.6. The Morgan fingerprint density at radius 3 is 2.58 bits per heavy atom. The quantitative estimate of drug-likeness (QED) is 0.519. The van der Waals surface area contributed by atoms with Crippen molar-refractivity contribution in [2.75, 3.05) is 0 Å². The predicted molar refractivity (Wildman–Crippen MR) is 106 cm³/mol. The van der Waals surface area contributed by atoms with Gasteiger partial charge in [-0.3, -0.25) is 9.59 Å². The van der Waals surface area contributed by atoms with Crippen LogP contribution in [-0.2, 0) is 16.0 Å². The molecule has 1 aliphatic carbocycles. The van der Waals surface area contributed by atoms with Crippen LogP contribution in [0.4, 0.5) is 0 Å². The fourth-order valence-electron chi connectivity index (χ4n) is 3.85. The maximum Gasteiger partial charge on any atom is 0.303 e. The summed E-state index contributed by atoms with van der Waals surface area (Å²) in [7, 11) is 0. The maximum absolute atomic E-state index is 12.2. The highest BCUT2D eigenvalue weighted by molar-refractivity contribution is 5.84. The second-order valence-corrected chi connectivity index (χ2v) is 7.47. The summed E-state index contributed by atoms with van der Waals surface area (Å²) < 4.78 is 0. The third-order valence-electron chi connectivity index (χ3n) is 5.36. The Morgan fingerprint density at radius 2 is 1.88 bits per heavy atom. The van der Waals surface area contributed by atoms with E-state index in [0.717, 1.165) is 51.4 Å². The fraction of sp³-hybridized carbons (Fsp3) is 0.565. The Kier molecular flexibility index (Phi) is 8.60. The molecule has 1 aromatic rings. The number of benzene rings is 1. The van der Waals surface area contributed by atoms with Crippen LogP contribution in [0.25, 0.3) is 6.08 Å². The second kappa shape index (κ2) is 10.9. The molecule has 2 rings (SSSR count). The van der Waals surface area contributed by atoms with Crippen molar-refractivity contribution in [2.45, 2.75) is 71.1 Å². The van der Waals surface area contributed by atoms with Gasteiger partial charge in [0.15, 0.2) is 0 Å². The highest BCUT2D eigenvalue weighted by Gasteiger charge is 2.32. The molecule has 0 spiro atoms. The van der Waals surface area contributed by atoms with Crippen LogP contribution in [0.3, 0.4) is 0 Å². The molecular weight excluding hydrogens is 324 g/mol. The number of carbonyl (C=O) groups is 2. The van der Waals surface area contributed by atoms with E-state index >= 15 is 0 Å². The van der Waals surface area contributed by atoms with Crippen LogP contribution in [0.1, 0.15) is 75.8 Å². The summed E-state index contributed by atoms with van der Waals surface area (Å²) in [5, 5.41) is 8.65. The smallest absolute Gasteiger partial charge is 0.303 e. The number of aliphatic carboxylic acids is 1. The summed E-state index contributed by atoms with van der Waals surface area (Å²) in [4.78, 5) is 22.7. The van der Waals surface area contributed by atoms with Crippen molar-refractivity contribution in [1.29, 1.82) is 0 Å². The maximum atomic E-state index is 12.2. The van der Waals surface area contributed by atoms with Crippen LogP contribution < -0.4 is 0 Å². The number of rotatable bonds is 11. The Balaban J connectivity index is 1.79. The van der Waals surface area contributed by atoms with E-state index in [1.54, 1.807) is 0 Å². The normalized spacial score (nSPS) is 20.1. The van der Waals surface area contributed by atoms with Gasteiger partial charge in [0, 0.05) is 18.8 Å². The Labute approximate surface area is 157 Å². The van der Waals surface area contributed by atoms with Crippen LogP contribution in [0.15, 0.2) is 30.3 Å².